The number of carbonyl (C=O) groups is 1. The standard InChI is InChI=1S/C27H21FO5/c1-31-23-13-10-17(14-22(23)28)25(29)26(16-6-3-2-4-7-16)32-18-11-12-20-19-8-5-9-21(19)27(30)33-24(20)15-18/h2-4,6-7,10-15,26H,5,8-9H2,1H3. The molecule has 5 nitrogen and oxygen atoms in total. The topological polar surface area (TPSA) is 65.7 Å². The van der Waals surface area contributed by atoms with Crippen LogP contribution < -0.4 is 15.1 Å². The predicted molar refractivity (Wildman–Crippen MR) is 122 cm³/mol. The van der Waals surface area contributed by atoms with Gasteiger partial charge in [0.1, 0.15) is 11.3 Å². The predicted octanol–water partition coefficient (Wildman–Crippen LogP) is 5.43. The number of methoxy groups -OCH3 is 1. The second-order valence-corrected chi connectivity index (χ2v) is 7.98. The van der Waals surface area contributed by atoms with Crippen LogP contribution in [0.15, 0.2) is 75.9 Å². The number of rotatable bonds is 6. The van der Waals surface area contributed by atoms with Crippen molar-refractivity contribution in [1.82, 2.24) is 0 Å². The van der Waals surface area contributed by atoms with E-state index in [1.165, 1.54) is 19.2 Å². The van der Waals surface area contributed by atoms with Crippen LogP contribution in [-0.4, -0.2) is 12.9 Å². The highest BCUT2D eigenvalue weighted by atomic mass is 19.1. The number of ketones is 1. The molecular formula is C27H21FO5. The van der Waals surface area contributed by atoms with Gasteiger partial charge in [-0.25, -0.2) is 9.18 Å². The molecule has 0 saturated carbocycles. The van der Waals surface area contributed by atoms with Gasteiger partial charge in [-0.1, -0.05) is 30.3 Å². The number of hydrogen-bond acceptors (Lipinski definition) is 5. The van der Waals surface area contributed by atoms with E-state index in [4.69, 9.17) is 13.9 Å². The number of halogens is 1. The largest absolute Gasteiger partial charge is 0.494 e. The van der Waals surface area contributed by atoms with E-state index in [-0.39, 0.29) is 16.9 Å². The second-order valence-electron chi connectivity index (χ2n) is 7.98. The fraction of sp³-hybridized carbons (Fsp3) is 0.185. The summed E-state index contributed by atoms with van der Waals surface area (Å²) in [5.74, 6) is -0.602. The number of fused-ring (bicyclic) bond motifs is 3. The highest BCUT2D eigenvalue weighted by molar-refractivity contribution is 6.00. The van der Waals surface area contributed by atoms with Gasteiger partial charge < -0.3 is 13.9 Å². The number of carbonyl (C=O) groups excluding carboxylic acids is 1. The van der Waals surface area contributed by atoms with E-state index in [1.807, 2.05) is 12.1 Å². The first kappa shape index (κ1) is 20.9. The first-order valence-electron chi connectivity index (χ1n) is 10.7. The van der Waals surface area contributed by atoms with Gasteiger partial charge in [0.25, 0.3) is 0 Å². The fourth-order valence-corrected chi connectivity index (χ4v) is 4.35. The molecule has 1 aliphatic rings. The molecule has 0 aliphatic heterocycles. The maximum absolute atomic E-state index is 14.3. The Hall–Kier alpha value is -3.93. The van der Waals surface area contributed by atoms with Gasteiger partial charge in [0.05, 0.1) is 7.11 Å². The molecule has 1 aromatic heterocycles. The summed E-state index contributed by atoms with van der Waals surface area (Å²) in [5, 5.41) is 0.884. The number of Topliss-reactive ketones (excluding diaryl/α,β-unsaturated/α-hetero) is 1. The lowest BCUT2D eigenvalue weighted by Crippen LogP contribution is -2.19. The minimum absolute atomic E-state index is 0.0563. The lowest BCUT2D eigenvalue weighted by molar-refractivity contribution is 0.0792. The zero-order valence-corrected chi connectivity index (χ0v) is 18.0. The van der Waals surface area contributed by atoms with Gasteiger partial charge in [-0.2, -0.15) is 0 Å². The molecule has 1 atom stereocenters. The molecule has 6 heteroatoms. The minimum atomic E-state index is -1.02. The molecule has 5 rings (SSSR count). The highest BCUT2D eigenvalue weighted by Gasteiger charge is 2.26. The van der Waals surface area contributed by atoms with Crippen LogP contribution in [0.2, 0.25) is 0 Å². The minimum Gasteiger partial charge on any atom is -0.494 e. The van der Waals surface area contributed by atoms with Crippen molar-refractivity contribution in [2.24, 2.45) is 0 Å². The molecule has 33 heavy (non-hydrogen) atoms. The first-order chi connectivity index (χ1) is 16.0. The molecule has 1 unspecified atom stereocenters. The Morgan fingerprint density at radius 3 is 2.55 bits per heavy atom. The molecule has 0 fully saturated rings. The van der Waals surface area contributed by atoms with Gasteiger partial charge in [-0.15, -0.1) is 0 Å². The summed E-state index contributed by atoms with van der Waals surface area (Å²) >= 11 is 0. The normalized spacial score (nSPS) is 13.5. The lowest BCUT2D eigenvalue weighted by Gasteiger charge is -2.19. The van der Waals surface area contributed by atoms with E-state index in [0.29, 0.717) is 16.9 Å². The first-order valence-corrected chi connectivity index (χ1v) is 10.7. The summed E-state index contributed by atoms with van der Waals surface area (Å²) in [6.07, 6.45) is 1.48. The summed E-state index contributed by atoms with van der Waals surface area (Å²) in [6, 6.07) is 18.3. The number of ether oxygens (including phenoxy) is 2. The third-order valence-corrected chi connectivity index (χ3v) is 5.98. The summed E-state index contributed by atoms with van der Waals surface area (Å²) in [4.78, 5) is 25.7. The van der Waals surface area contributed by atoms with Crippen molar-refractivity contribution in [3.05, 3.63) is 105 Å². The van der Waals surface area contributed by atoms with Crippen LogP contribution in [0.25, 0.3) is 11.0 Å². The average Bonchev–Trinajstić information content (AvgIpc) is 3.33. The molecule has 0 saturated heterocycles. The van der Waals surface area contributed by atoms with Crippen molar-refractivity contribution in [3.63, 3.8) is 0 Å². The van der Waals surface area contributed by atoms with Crippen molar-refractivity contribution < 1.29 is 23.1 Å². The van der Waals surface area contributed by atoms with Gasteiger partial charge in [-0.3, -0.25) is 4.79 Å². The number of hydrogen-bond donors (Lipinski definition) is 0. The van der Waals surface area contributed by atoms with Crippen LogP contribution in [0, 0.1) is 5.82 Å². The second kappa shape index (κ2) is 8.54. The van der Waals surface area contributed by atoms with Crippen LogP contribution in [0.4, 0.5) is 4.39 Å². The smallest absolute Gasteiger partial charge is 0.339 e. The van der Waals surface area contributed by atoms with Gasteiger partial charge in [0.2, 0.25) is 5.78 Å². The zero-order valence-electron chi connectivity index (χ0n) is 18.0. The van der Waals surface area contributed by atoms with E-state index in [1.54, 1.807) is 36.4 Å². The Morgan fingerprint density at radius 1 is 1.00 bits per heavy atom. The van der Waals surface area contributed by atoms with Crippen LogP contribution in [-0.2, 0) is 12.8 Å². The van der Waals surface area contributed by atoms with E-state index in [9.17, 15) is 14.0 Å². The lowest BCUT2D eigenvalue weighted by atomic mass is 9.99. The van der Waals surface area contributed by atoms with Crippen molar-refractivity contribution >= 4 is 16.8 Å². The third kappa shape index (κ3) is 3.89. The Balaban J connectivity index is 1.53. The summed E-state index contributed by atoms with van der Waals surface area (Å²) < 4.78 is 30.9. The van der Waals surface area contributed by atoms with Crippen LogP contribution in [0.5, 0.6) is 11.5 Å². The van der Waals surface area contributed by atoms with Crippen LogP contribution in [0.1, 0.15) is 39.6 Å². The van der Waals surface area contributed by atoms with E-state index in [2.05, 4.69) is 0 Å². The van der Waals surface area contributed by atoms with Crippen molar-refractivity contribution in [2.45, 2.75) is 25.4 Å². The van der Waals surface area contributed by atoms with Crippen molar-refractivity contribution in [1.29, 1.82) is 0 Å². The molecule has 0 bridgehead atoms. The van der Waals surface area contributed by atoms with Crippen LogP contribution >= 0.6 is 0 Å². The fourth-order valence-electron chi connectivity index (χ4n) is 4.35. The maximum atomic E-state index is 14.3. The molecule has 1 aliphatic carbocycles. The molecule has 166 valence electrons. The van der Waals surface area contributed by atoms with E-state index in [0.717, 1.165) is 41.8 Å². The summed E-state index contributed by atoms with van der Waals surface area (Å²) in [7, 11) is 1.36. The molecule has 3 aromatic carbocycles. The Morgan fingerprint density at radius 2 is 1.79 bits per heavy atom. The molecule has 4 aromatic rings. The maximum Gasteiger partial charge on any atom is 0.339 e. The number of benzene rings is 3. The summed E-state index contributed by atoms with van der Waals surface area (Å²) in [5.41, 5.74) is 2.65. The highest BCUT2D eigenvalue weighted by Crippen LogP contribution is 2.32. The third-order valence-electron chi connectivity index (χ3n) is 5.98. The molecule has 1 heterocycles. The molecule has 0 N–H and O–H groups in total. The van der Waals surface area contributed by atoms with E-state index >= 15 is 0 Å². The molecule has 0 spiro atoms. The van der Waals surface area contributed by atoms with Gasteiger partial charge in [0.15, 0.2) is 17.7 Å². The number of aryl methyl sites for hydroxylation is 1. The average molecular weight is 444 g/mol. The van der Waals surface area contributed by atoms with Crippen molar-refractivity contribution in [2.75, 3.05) is 7.11 Å². The molecular weight excluding hydrogens is 423 g/mol. The Bertz CT molecular complexity index is 1410. The van der Waals surface area contributed by atoms with E-state index < -0.39 is 17.7 Å². The van der Waals surface area contributed by atoms with Gasteiger partial charge in [0, 0.05) is 28.1 Å². The van der Waals surface area contributed by atoms with Crippen LogP contribution in [0.3, 0.4) is 0 Å². The quantitative estimate of drug-likeness (QED) is 0.293. The Kier molecular flexibility index (Phi) is 5.42. The Labute approximate surface area is 189 Å². The zero-order chi connectivity index (χ0) is 22.9. The van der Waals surface area contributed by atoms with Crippen molar-refractivity contribution in [3.8, 4) is 11.5 Å². The van der Waals surface area contributed by atoms with Gasteiger partial charge >= 0.3 is 5.63 Å². The molecule has 0 amide bonds. The SMILES string of the molecule is COc1ccc(C(=O)C(Oc2ccc3c4c(c(=O)oc3c2)CCC4)c2ccccc2)cc1F. The molecule has 0 radical (unpaired) electrons. The van der Waals surface area contributed by atoms with Gasteiger partial charge in [-0.05, 0) is 55.2 Å². The summed E-state index contributed by atoms with van der Waals surface area (Å²) in [6.45, 7) is 0. The monoisotopic (exact) mass is 444 g/mol.